The van der Waals surface area contributed by atoms with Gasteiger partial charge in [0.2, 0.25) is 5.91 Å². The van der Waals surface area contributed by atoms with Crippen molar-refractivity contribution in [1.29, 1.82) is 0 Å². The monoisotopic (exact) mass is 565 g/mol. The molecule has 0 bridgehead atoms. The van der Waals surface area contributed by atoms with Crippen LogP contribution in [0.25, 0.3) is 0 Å². The molecular formula is C24H25ClF5N3O3S. The van der Waals surface area contributed by atoms with Gasteiger partial charge in [-0.1, -0.05) is 17.7 Å². The normalized spacial score (nSPS) is 20.5. The summed E-state index contributed by atoms with van der Waals surface area (Å²) in [6.45, 7) is 0. The van der Waals surface area contributed by atoms with Gasteiger partial charge in [-0.25, -0.2) is 17.2 Å². The lowest BCUT2D eigenvalue weighted by molar-refractivity contribution is -0.191. The Hall–Kier alpha value is -2.47. The lowest BCUT2D eigenvalue weighted by Crippen LogP contribution is -2.44. The molecule has 1 saturated heterocycles. The van der Waals surface area contributed by atoms with Crippen molar-refractivity contribution in [2.24, 2.45) is 5.92 Å². The van der Waals surface area contributed by atoms with Crippen LogP contribution in [0.1, 0.15) is 47.7 Å². The van der Waals surface area contributed by atoms with E-state index in [-0.39, 0.29) is 53.1 Å². The summed E-state index contributed by atoms with van der Waals surface area (Å²) >= 11 is 5.95. The topological polar surface area (TPSA) is 79.4 Å². The second-order valence-corrected chi connectivity index (χ2v) is 12.2. The second kappa shape index (κ2) is 10.4. The van der Waals surface area contributed by atoms with Crippen molar-refractivity contribution in [3.05, 3.63) is 57.9 Å². The standard InChI is InChI=1S/C24H25ClF5N3O3S/c1-33(23(34)13-6-8-37(35,36)9-7-13)21(24(28,29)30)19-5-3-15(12-31-19)32-16-10-14-2-4-18(25)20(22(26)27)17(14)11-16/h2-5,12-13,16,21-22,32H,6-11H2,1H3/t16?,21-/m0/s1. The number of alkyl halides is 5. The SMILES string of the molecule is CN(C(=O)C1CCS(=O)(=O)CC1)[C@@H](c1ccc(NC2Cc3ccc(Cl)c(C(F)F)c3C2)cn1)C(F)(F)F. The van der Waals surface area contributed by atoms with Crippen LogP contribution in [0.15, 0.2) is 30.5 Å². The van der Waals surface area contributed by atoms with E-state index in [1.54, 1.807) is 6.07 Å². The van der Waals surface area contributed by atoms with Gasteiger partial charge in [0.05, 0.1) is 29.1 Å². The average Bonchev–Trinajstić information content (AvgIpc) is 3.20. The third-order valence-electron chi connectivity index (χ3n) is 6.92. The molecule has 1 aliphatic carbocycles. The Morgan fingerprint density at radius 2 is 1.81 bits per heavy atom. The molecule has 0 saturated carbocycles. The smallest absolute Gasteiger partial charge is 0.380 e. The number of nitrogens with zero attached hydrogens (tertiary/aromatic N) is 2. The highest BCUT2D eigenvalue weighted by atomic mass is 35.5. The van der Waals surface area contributed by atoms with Gasteiger partial charge in [-0.3, -0.25) is 9.78 Å². The molecule has 1 aromatic carbocycles. The van der Waals surface area contributed by atoms with Gasteiger partial charge < -0.3 is 10.2 Å². The number of carbonyl (C=O) groups is 1. The third kappa shape index (κ3) is 6.00. The zero-order chi connectivity index (χ0) is 27.1. The number of sulfone groups is 1. The Morgan fingerprint density at radius 3 is 2.38 bits per heavy atom. The number of amides is 1. The van der Waals surface area contributed by atoms with Crippen LogP contribution in [0.4, 0.5) is 27.6 Å². The van der Waals surface area contributed by atoms with E-state index in [2.05, 4.69) is 10.3 Å². The van der Waals surface area contributed by atoms with Crippen LogP contribution in [0, 0.1) is 5.92 Å². The van der Waals surface area contributed by atoms with E-state index in [4.69, 9.17) is 11.6 Å². The number of nitrogens with one attached hydrogen (secondary N) is 1. The highest BCUT2D eigenvalue weighted by Crippen LogP contribution is 2.39. The summed E-state index contributed by atoms with van der Waals surface area (Å²) in [4.78, 5) is 17.3. The summed E-state index contributed by atoms with van der Waals surface area (Å²) in [6, 6.07) is 3.11. The van der Waals surface area contributed by atoms with Crippen molar-refractivity contribution < 1.29 is 35.2 Å². The Labute approximate surface area is 216 Å². The number of rotatable bonds is 6. The summed E-state index contributed by atoms with van der Waals surface area (Å²) in [5.41, 5.74) is 1.01. The van der Waals surface area contributed by atoms with E-state index < -0.39 is 40.3 Å². The molecule has 2 aromatic rings. The zero-order valence-corrected chi connectivity index (χ0v) is 21.3. The van der Waals surface area contributed by atoms with Crippen molar-refractivity contribution in [1.82, 2.24) is 9.88 Å². The van der Waals surface area contributed by atoms with Gasteiger partial charge >= 0.3 is 6.18 Å². The zero-order valence-electron chi connectivity index (χ0n) is 19.7. The average molecular weight is 566 g/mol. The molecule has 37 heavy (non-hydrogen) atoms. The summed E-state index contributed by atoms with van der Waals surface area (Å²) in [5, 5.41) is 3.11. The lowest BCUT2D eigenvalue weighted by Gasteiger charge is -2.33. The van der Waals surface area contributed by atoms with Crippen LogP contribution < -0.4 is 5.32 Å². The first-order chi connectivity index (χ1) is 17.3. The van der Waals surface area contributed by atoms with Gasteiger partial charge in [-0.2, -0.15) is 13.2 Å². The fourth-order valence-corrected chi connectivity index (χ4v) is 6.81. The number of halogens is 6. The van der Waals surface area contributed by atoms with E-state index in [9.17, 15) is 35.2 Å². The number of hydrogen-bond donors (Lipinski definition) is 1. The summed E-state index contributed by atoms with van der Waals surface area (Å²) < 4.78 is 92.2. The molecule has 1 aromatic heterocycles. The molecule has 0 radical (unpaired) electrons. The molecule has 2 heterocycles. The van der Waals surface area contributed by atoms with Crippen LogP contribution in [-0.4, -0.2) is 55.0 Å². The van der Waals surface area contributed by atoms with E-state index in [0.717, 1.165) is 12.6 Å². The lowest BCUT2D eigenvalue weighted by atomic mass is 9.99. The maximum absolute atomic E-state index is 14.0. The van der Waals surface area contributed by atoms with Gasteiger partial charge in [0.1, 0.15) is 9.84 Å². The molecule has 2 aliphatic rings. The predicted octanol–water partition coefficient (Wildman–Crippen LogP) is 5.14. The maximum atomic E-state index is 14.0. The Morgan fingerprint density at radius 1 is 1.14 bits per heavy atom. The first kappa shape index (κ1) is 27.6. The highest BCUT2D eigenvalue weighted by Gasteiger charge is 2.47. The minimum absolute atomic E-state index is 0.00729. The molecule has 13 heteroatoms. The van der Waals surface area contributed by atoms with Gasteiger partial charge in [0.25, 0.3) is 6.43 Å². The van der Waals surface area contributed by atoms with Crippen LogP contribution in [0.2, 0.25) is 5.02 Å². The van der Waals surface area contributed by atoms with Crippen molar-refractivity contribution >= 4 is 33.0 Å². The molecule has 1 amide bonds. The fourth-order valence-electron chi connectivity index (χ4n) is 5.06. The number of anilines is 1. The predicted molar refractivity (Wildman–Crippen MR) is 128 cm³/mol. The van der Waals surface area contributed by atoms with Crippen molar-refractivity contribution in [2.75, 3.05) is 23.9 Å². The second-order valence-electron chi connectivity index (χ2n) is 9.44. The maximum Gasteiger partial charge on any atom is 0.414 e. The minimum atomic E-state index is -4.81. The molecule has 1 N–H and O–H groups in total. The van der Waals surface area contributed by atoms with E-state index >= 15 is 0 Å². The van der Waals surface area contributed by atoms with E-state index in [0.29, 0.717) is 22.6 Å². The molecular weight excluding hydrogens is 541 g/mol. The number of aromatic nitrogens is 1. The van der Waals surface area contributed by atoms with Gasteiger partial charge in [0, 0.05) is 29.6 Å². The van der Waals surface area contributed by atoms with Crippen LogP contribution in [0.5, 0.6) is 0 Å². The Kier molecular flexibility index (Phi) is 7.72. The molecule has 1 fully saturated rings. The molecule has 1 unspecified atom stereocenters. The largest absolute Gasteiger partial charge is 0.414 e. The number of benzene rings is 1. The van der Waals surface area contributed by atoms with Crippen LogP contribution >= 0.6 is 11.6 Å². The van der Waals surface area contributed by atoms with E-state index in [1.165, 1.54) is 24.4 Å². The first-order valence-corrected chi connectivity index (χ1v) is 13.8. The van der Waals surface area contributed by atoms with Crippen LogP contribution in [-0.2, 0) is 27.5 Å². The minimum Gasteiger partial charge on any atom is -0.380 e. The molecule has 4 rings (SSSR count). The Bertz CT molecular complexity index is 1260. The number of pyridine rings is 1. The van der Waals surface area contributed by atoms with Crippen molar-refractivity contribution in [3.63, 3.8) is 0 Å². The molecule has 2 atom stereocenters. The molecule has 1 aliphatic heterocycles. The third-order valence-corrected chi connectivity index (χ3v) is 8.97. The molecule has 0 spiro atoms. The summed E-state index contributed by atoms with van der Waals surface area (Å²) in [5.74, 6) is -2.06. The summed E-state index contributed by atoms with van der Waals surface area (Å²) in [7, 11) is -2.23. The Balaban J connectivity index is 1.47. The number of fused-ring (bicyclic) bond motifs is 1. The van der Waals surface area contributed by atoms with Crippen molar-refractivity contribution in [2.45, 2.75) is 50.4 Å². The quantitative estimate of drug-likeness (QED) is 0.491. The fraction of sp³-hybridized carbons (Fsp3) is 0.500. The number of hydrogen-bond acceptors (Lipinski definition) is 5. The van der Waals surface area contributed by atoms with E-state index in [1.807, 2.05) is 0 Å². The molecule has 202 valence electrons. The highest BCUT2D eigenvalue weighted by molar-refractivity contribution is 7.91. The summed E-state index contributed by atoms with van der Waals surface area (Å²) in [6.07, 6.45) is -5.65. The van der Waals surface area contributed by atoms with Crippen LogP contribution in [0.3, 0.4) is 0 Å². The van der Waals surface area contributed by atoms with Gasteiger partial charge in [0.15, 0.2) is 6.04 Å². The first-order valence-electron chi connectivity index (χ1n) is 11.6. The molecule has 6 nitrogen and oxygen atoms in total. The van der Waals surface area contributed by atoms with Crippen molar-refractivity contribution in [3.8, 4) is 0 Å². The van der Waals surface area contributed by atoms with Gasteiger partial charge in [-0.15, -0.1) is 0 Å². The van der Waals surface area contributed by atoms with Gasteiger partial charge in [-0.05, 0) is 55.0 Å². The number of carbonyl (C=O) groups excluding carboxylic acids is 1.